The minimum absolute atomic E-state index is 0.114. The van der Waals surface area contributed by atoms with E-state index in [0.29, 0.717) is 16.5 Å². The van der Waals surface area contributed by atoms with Crippen molar-refractivity contribution in [2.75, 3.05) is 6.61 Å². The average Bonchev–Trinajstić information content (AvgIpc) is 3.51. The van der Waals surface area contributed by atoms with Crippen molar-refractivity contribution in [1.29, 1.82) is 0 Å². The molecule has 3 aliphatic rings. The molecule has 1 spiro atoms. The van der Waals surface area contributed by atoms with Crippen molar-refractivity contribution in [3.05, 3.63) is 191 Å². The van der Waals surface area contributed by atoms with Crippen LogP contribution in [0.5, 0.6) is 0 Å². The van der Waals surface area contributed by atoms with Gasteiger partial charge in [0.15, 0.2) is 17.8 Å². The molecule has 0 aromatic heterocycles. The molecule has 2 fully saturated rings. The molecular weight excluding hydrogens is 728 g/mol. The van der Waals surface area contributed by atoms with E-state index in [1.165, 1.54) is 36.4 Å². The summed E-state index contributed by atoms with van der Waals surface area (Å²) in [4.78, 5) is 70.3. The van der Waals surface area contributed by atoms with Crippen LogP contribution in [0.1, 0.15) is 57.4 Å². The van der Waals surface area contributed by atoms with Crippen molar-refractivity contribution in [1.82, 2.24) is 0 Å². The zero-order valence-corrected chi connectivity index (χ0v) is 30.0. The van der Waals surface area contributed by atoms with Crippen LogP contribution in [0.3, 0.4) is 0 Å². The number of hydrogen-bond donors (Lipinski definition) is 0. The summed E-state index contributed by atoms with van der Waals surface area (Å²) in [5.74, 6) is -6.23. The van der Waals surface area contributed by atoms with Gasteiger partial charge in [0.2, 0.25) is 11.9 Å². The van der Waals surface area contributed by atoms with E-state index in [1.807, 2.05) is 12.1 Å². The number of esters is 4. The van der Waals surface area contributed by atoms with Crippen LogP contribution in [0.4, 0.5) is 0 Å². The molecule has 0 radical (unpaired) electrons. The maximum atomic E-state index is 14.8. The molecule has 11 nitrogen and oxygen atoms in total. The van der Waals surface area contributed by atoms with Crippen LogP contribution in [-0.4, -0.2) is 66.5 Å². The number of hydrogen-bond acceptors (Lipinski definition) is 11. The maximum absolute atomic E-state index is 14.8. The highest BCUT2D eigenvalue weighted by Gasteiger charge is 2.82. The summed E-state index contributed by atoms with van der Waals surface area (Å²) in [6.07, 6.45) is -6.35. The molecule has 6 atom stereocenters. The van der Waals surface area contributed by atoms with E-state index in [4.69, 9.17) is 28.4 Å². The van der Waals surface area contributed by atoms with Crippen LogP contribution >= 0.6 is 0 Å². The molecule has 282 valence electrons. The van der Waals surface area contributed by atoms with Gasteiger partial charge in [0, 0.05) is 11.1 Å². The van der Waals surface area contributed by atoms with Crippen molar-refractivity contribution in [2.45, 2.75) is 35.8 Å². The fraction of sp³-hybridized carbons (Fsp3) is 0.152. The minimum Gasteiger partial charge on any atom is -0.459 e. The largest absolute Gasteiger partial charge is 0.459 e. The molecule has 1 aliphatic carbocycles. The second-order valence-corrected chi connectivity index (χ2v) is 13.8. The first-order valence-corrected chi connectivity index (χ1v) is 18.3. The summed E-state index contributed by atoms with van der Waals surface area (Å²) in [6.45, 7) is -0.541. The molecule has 2 saturated heterocycles. The molecule has 11 heteroatoms. The van der Waals surface area contributed by atoms with Crippen molar-refractivity contribution in [3.8, 4) is 0 Å². The third kappa shape index (κ3) is 5.95. The fourth-order valence-corrected chi connectivity index (χ4v) is 7.85. The smallest absolute Gasteiger partial charge is 0.340 e. The van der Waals surface area contributed by atoms with E-state index in [-0.39, 0.29) is 22.3 Å². The molecule has 6 aromatic carbocycles. The van der Waals surface area contributed by atoms with E-state index in [0.717, 1.165) is 5.39 Å². The van der Waals surface area contributed by atoms with Gasteiger partial charge in [-0.1, -0.05) is 109 Å². The van der Waals surface area contributed by atoms with Gasteiger partial charge >= 0.3 is 23.9 Å². The SMILES string of the molecule is O=C(OC[C@H]1O[C@H]2[C@](OC(=O)c3ccccc3)(O[C@]23C(=O)c2cccc4cccc3c24)[C@@H](OC(=O)c2ccccc2)[C@@H]1OC(=O)c1ccccc1)c1ccccc1. The van der Waals surface area contributed by atoms with Crippen LogP contribution in [0.15, 0.2) is 158 Å². The van der Waals surface area contributed by atoms with E-state index in [9.17, 15) is 24.0 Å². The number of ketones is 1. The number of rotatable bonds is 9. The Kier molecular flexibility index (Phi) is 8.95. The van der Waals surface area contributed by atoms with Crippen LogP contribution < -0.4 is 0 Å². The molecular formula is C46H32O11. The molecule has 0 N–H and O–H groups in total. The second-order valence-electron chi connectivity index (χ2n) is 13.8. The Morgan fingerprint density at radius 3 is 1.65 bits per heavy atom. The highest BCUT2D eigenvalue weighted by molar-refractivity contribution is 6.20. The molecule has 0 bridgehead atoms. The van der Waals surface area contributed by atoms with Crippen LogP contribution in [0.2, 0.25) is 0 Å². The first kappa shape index (κ1) is 35.7. The number of Topliss-reactive ketones (excluding diaryl/α,β-unsaturated/α-hetero) is 1. The molecule has 0 saturated carbocycles. The summed E-state index contributed by atoms with van der Waals surface area (Å²) in [5, 5.41) is 1.36. The molecule has 9 rings (SSSR count). The fourth-order valence-electron chi connectivity index (χ4n) is 7.85. The monoisotopic (exact) mass is 760 g/mol. The summed E-state index contributed by atoms with van der Waals surface area (Å²) < 4.78 is 38.0. The molecule has 6 aromatic rings. The number of carbonyl (C=O) groups is 5. The number of benzene rings is 6. The molecule has 2 heterocycles. The molecule has 0 unspecified atom stereocenters. The van der Waals surface area contributed by atoms with E-state index >= 15 is 0 Å². The van der Waals surface area contributed by atoms with Gasteiger partial charge in [-0.25, -0.2) is 19.2 Å². The van der Waals surface area contributed by atoms with Gasteiger partial charge in [0.1, 0.15) is 12.7 Å². The van der Waals surface area contributed by atoms with Crippen LogP contribution in [0.25, 0.3) is 10.8 Å². The Morgan fingerprint density at radius 2 is 1.07 bits per heavy atom. The number of fused-ring (bicyclic) bond motifs is 3. The van der Waals surface area contributed by atoms with E-state index in [2.05, 4.69) is 0 Å². The van der Waals surface area contributed by atoms with E-state index < -0.39 is 72.1 Å². The number of carbonyl (C=O) groups excluding carboxylic acids is 5. The lowest BCUT2D eigenvalue weighted by atomic mass is 9.71. The van der Waals surface area contributed by atoms with Crippen molar-refractivity contribution < 1.29 is 52.4 Å². The van der Waals surface area contributed by atoms with Crippen molar-refractivity contribution >= 4 is 40.4 Å². The van der Waals surface area contributed by atoms with Gasteiger partial charge < -0.3 is 28.4 Å². The first-order valence-electron chi connectivity index (χ1n) is 18.3. The third-order valence-corrected chi connectivity index (χ3v) is 10.5. The van der Waals surface area contributed by atoms with Gasteiger partial charge in [0.05, 0.1) is 22.3 Å². The molecule has 0 amide bonds. The number of ether oxygens (including phenoxy) is 6. The quantitative estimate of drug-likeness (QED) is 0.112. The van der Waals surface area contributed by atoms with Gasteiger partial charge in [-0.3, -0.25) is 4.79 Å². The van der Waals surface area contributed by atoms with Crippen molar-refractivity contribution in [3.63, 3.8) is 0 Å². The van der Waals surface area contributed by atoms with Gasteiger partial charge in [-0.15, -0.1) is 0 Å². The third-order valence-electron chi connectivity index (χ3n) is 10.5. The summed E-state index contributed by atoms with van der Waals surface area (Å²) >= 11 is 0. The Bertz CT molecular complexity index is 2520. The second kappa shape index (κ2) is 14.3. The summed E-state index contributed by atoms with van der Waals surface area (Å²) in [6, 6.07) is 43.0. The van der Waals surface area contributed by atoms with Crippen molar-refractivity contribution in [2.24, 2.45) is 0 Å². The minimum atomic E-state index is -2.39. The Labute approximate surface area is 325 Å². The lowest BCUT2D eigenvalue weighted by Crippen LogP contribution is -2.84. The van der Waals surface area contributed by atoms with Gasteiger partial charge in [-0.2, -0.15) is 0 Å². The van der Waals surface area contributed by atoms with Gasteiger partial charge in [-0.05, 0) is 59.3 Å². The normalized spacial score (nSPS) is 24.2. The average molecular weight is 761 g/mol. The molecule has 2 aliphatic heterocycles. The predicted octanol–water partition coefficient (Wildman–Crippen LogP) is 6.89. The Morgan fingerprint density at radius 1 is 0.561 bits per heavy atom. The first-order chi connectivity index (χ1) is 27.8. The highest BCUT2D eigenvalue weighted by atomic mass is 16.8. The topological polar surface area (TPSA) is 141 Å². The summed E-state index contributed by atoms with van der Waals surface area (Å²) in [7, 11) is 0. The lowest BCUT2D eigenvalue weighted by molar-refractivity contribution is -0.476. The van der Waals surface area contributed by atoms with Crippen LogP contribution in [-0.2, 0) is 34.0 Å². The van der Waals surface area contributed by atoms with Gasteiger partial charge in [0.25, 0.3) is 5.79 Å². The van der Waals surface area contributed by atoms with E-state index in [1.54, 1.807) is 109 Å². The predicted molar refractivity (Wildman–Crippen MR) is 202 cm³/mol. The Balaban J connectivity index is 1.21. The highest BCUT2D eigenvalue weighted by Crippen LogP contribution is 2.62. The summed E-state index contributed by atoms with van der Waals surface area (Å²) in [5.41, 5.74) is -0.532. The van der Waals surface area contributed by atoms with Crippen LogP contribution in [0, 0.1) is 0 Å². The standard InChI is InChI=1S/C46H32O11/c47-38-33-25-13-23-28-24-14-26-34(36(28)33)45(38)44-46(57-45,56-43(51)32-21-11-4-12-22-32)39(55-42(50)31-19-9-3-10-20-31)37(54-41(49)30-17-7-2-8-18-30)35(53-44)27-52-40(48)29-15-5-1-6-16-29/h1-26,35,37,39,44H,27H2/t35-,37-,39+,44-,45-,46-/m1/s1. The Hall–Kier alpha value is -6.95. The maximum Gasteiger partial charge on any atom is 0.340 e. The lowest BCUT2D eigenvalue weighted by Gasteiger charge is -2.63. The molecule has 57 heavy (non-hydrogen) atoms. The zero-order chi connectivity index (χ0) is 39.1. The zero-order valence-electron chi connectivity index (χ0n) is 30.0.